The first-order valence-electron chi connectivity index (χ1n) is 11.1. The van der Waals surface area contributed by atoms with Gasteiger partial charge in [0.1, 0.15) is 11.5 Å². The molecule has 1 aromatic heterocycles. The summed E-state index contributed by atoms with van der Waals surface area (Å²) in [7, 11) is 0. The summed E-state index contributed by atoms with van der Waals surface area (Å²) >= 11 is 0. The van der Waals surface area contributed by atoms with E-state index in [0.717, 1.165) is 5.69 Å². The lowest BCUT2D eigenvalue weighted by Gasteiger charge is -2.08. The number of hydrogen-bond donors (Lipinski definition) is 0. The van der Waals surface area contributed by atoms with Crippen molar-refractivity contribution in [3.8, 4) is 5.75 Å². The monoisotopic (exact) mass is 505 g/mol. The Labute approximate surface area is 201 Å². The zero-order chi connectivity index (χ0) is 25.3. The first kappa shape index (κ1) is 28.7. The van der Waals surface area contributed by atoms with Crippen LogP contribution in [0.15, 0.2) is 18.3 Å². The Morgan fingerprint density at radius 1 is 0.857 bits per heavy atom. The first-order chi connectivity index (χ1) is 17.0. The van der Waals surface area contributed by atoms with Gasteiger partial charge in [-0.1, -0.05) is 5.21 Å². The highest BCUT2D eigenvalue weighted by Crippen LogP contribution is 2.23. The van der Waals surface area contributed by atoms with E-state index in [-0.39, 0.29) is 26.2 Å². The molecule has 0 atom stereocenters. The van der Waals surface area contributed by atoms with Gasteiger partial charge in [0.2, 0.25) is 5.75 Å². The number of aromatic nitrogens is 3. The second-order valence-electron chi connectivity index (χ2n) is 6.98. The lowest BCUT2D eigenvalue weighted by Crippen LogP contribution is -2.15. The molecule has 196 valence electrons. The Morgan fingerprint density at radius 3 is 2.03 bits per heavy atom. The molecular weight excluding hydrogens is 475 g/mol. The van der Waals surface area contributed by atoms with E-state index in [1.807, 2.05) is 13.1 Å². The van der Waals surface area contributed by atoms with Crippen LogP contribution in [0.25, 0.3) is 0 Å². The van der Waals surface area contributed by atoms with E-state index in [1.54, 1.807) is 4.68 Å². The molecule has 0 radical (unpaired) electrons. The van der Waals surface area contributed by atoms with Gasteiger partial charge in [0, 0.05) is 18.7 Å². The normalized spacial score (nSPS) is 11.2. The van der Waals surface area contributed by atoms with E-state index in [4.69, 9.17) is 23.7 Å². The molecule has 2 aromatic rings. The third kappa shape index (κ3) is 12.1. The third-order valence-electron chi connectivity index (χ3n) is 4.25. The molecule has 10 nitrogen and oxygen atoms in total. The molecule has 2 rings (SSSR count). The Kier molecular flexibility index (Phi) is 13.9. The second kappa shape index (κ2) is 16.9. The predicted octanol–water partition coefficient (Wildman–Crippen LogP) is 2.29. The molecule has 0 saturated carbocycles. The van der Waals surface area contributed by atoms with E-state index >= 15 is 0 Å². The van der Waals surface area contributed by atoms with Gasteiger partial charge in [0.15, 0.2) is 11.6 Å². The van der Waals surface area contributed by atoms with Crippen LogP contribution in [0.5, 0.6) is 5.75 Å². The smallest absolute Gasteiger partial charge is 0.313 e. The summed E-state index contributed by atoms with van der Waals surface area (Å²) in [5.74, 6) is -5.53. The van der Waals surface area contributed by atoms with E-state index in [9.17, 15) is 18.0 Å². The molecule has 1 aromatic carbocycles. The molecule has 0 amide bonds. The topological polar surface area (TPSA) is 103 Å². The van der Waals surface area contributed by atoms with Crippen LogP contribution in [-0.2, 0) is 41.6 Å². The lowest BCUT2D eigenvalue weighted by molar-refractivity contribution is -0.136. The fourth-order valence-corrected chi connectivity index (χ4v) is 2.59. The van der Waals surface area contributed by atoms with Crippen molar-refractivity contribution in [1.82, 2.24) is 15.0 Å². The standard InChI is InChI=1S/C22H30F3N3O7/c1-2-30-16-18-15-28(27-26-18)4-6-32-8-10-34-12-11-33-9-7-31-5-3-21(29)35-22-19(24)13-17(23)14-20(22)25/h13-15H,2-12,16H2,1H3. The lowest BCUT2D eigenvalue weighted by atomic mass is 10.3. The molecule has 35 heavy (non-hydrogen) atoms. The van der Waals surface area contributed by atoms with Gasteiger partial charge in [-0.2, -0.15) is 0 Å². The molecule has 0 aliphatic carbocycles. The van der Waals surface area contributed by atoms with Gasteiger partial charge in [0.25, 0.3) is 0 Å². The summed E-state index contributed by atoms with van der Waals surface area (Å²) in [5.41, 5.74) is 0.776. The van der Waals surface area contributed by atoms with Gasteiger partial charge in [-0.3, -0.25) is 4.79 Å². The fraction of sp³-hybridized carbons (Fsp3) is 0.591. The van der Waals surface area contributed by atoms with Crippen LogP contribution in [-0.4, -0.2) is 80.4 Å². The molecule has 0 fully saturated rings. The van der Waals surface area contributed by atoms with Crippen LogP contribution >= 0.6 is 0 Å². The minimum absolute atomic E-state index is 0.0249. The van der Waals surface area contributed by atoms with Crippen LogP contribution in [0.2, 0.25) is 0 Å². The van der Waals surface area contributed by atoms with Crippen molar-refractivity contribution < 1.29 is 46.4 Å². The minimum Gasteiger partial charge on any atom is -0.420 e. The van der Waals surface area contributed by atoms with Crippen molar-refractivity contribution in [3.05, 3.63) is 41.5 Å². The summed E-state index contributed by atoms with van der Waals surface area (Å²) in [6.45, 7) is 6.11. The number of esters is 1. The van der Waals surface area contributed by atoms with Crippen molar-refractivity contribution in [3.63, 3.8) is 0 Å². The zero-order valence-corrected chi connectivity index (χ0v) is 19.6. The second-order valence-corrected chi connectivity index (χ2v) is 6.98. The highest BCUT2D eigenvalue weighted by atomic mass is 19.1. The van der Waals surface area contributed by atoms with Gasteiger partial charge in [-0.05, 0) is 6.92 Å². The van der Waals surface area contributed by atoms with Crippen molar-refractivity contribution in [1.29, 1.82) is 0 Å². The SMILES string of the molecule is CCOCc1cn(CCOCCOCCOCCOCCC(=O)Oc2c(F)cc(F)cc2F)nn1. The maximum Gasteiger partial charge on any atom is 0.313 e. The maximum absolute atomic E-state index is 13.4. The summed E-state index contributed by atoms with van der Waals surface area (Å²) in [6, 6.07) is 0.855. The fourth-order valence-electron chi connectivity index (χ4n) is 2.59. The molecule has 0 N–H and O–H groups in total. The van der Waals surface area contributed by atoms with Crippen LogP contribution in [0, 0.1) is 17.5 Å². The van der Waals surface area contributed by atoms with Crippen molar-refractivity contribution in [2.24, 2.45) is 0 Å². The Balaban J connectivity index is 1.36. The molecule has 13 heteroatoms. The largest absolute Gasteiger partial charge is 0.420 e. The summed E-state index contributed by atoms with van der Waals surface area (Å²) < 4.78 is 72.6. The number of halogens is 3. The Hall–Kier alpha value is -2.58. The summed E-state index contributed by atoms with van der Waals surface area (Å²) in [5, 5.41) is 7.98. The molecular formula is C22H30F3N3O7. The highest BCUT2D eigenvalue weighted by Gasteiger charge is 2.16. The molecule has 0 aliphatic rings. The van der Waals surface area contributed by atoms with Crippen LogP contribution in [0.3, 0.4) is 0 Å². The van der Waals surface area contributed by atoms with Gasteiger partial charge in [-0.15, -0.1) is 5.10 Å². The number of ether oxygens (including phenoxy) is 6. The van der Waals surface area contributed by atoms with E-state index in [1.165, 1.54) is 0 Å². The molecule has 0 aliphatic heterocycles. The van der Waals surface area contributed by atoms with Gasteiger partial charge in [-0.25, -0.2) is 17.9 Å². The number of hydrogen-bond acceptors (Lipinski definition) is 9. The summed E-state index contributed by atoms with van der Waals surface area (Å²) in [6.07, 6.45) is 1.59. The highest BCUT2D eigenvalue weighted by molar-refractivity contribution is 5.72. The number of rotatable bonds is 19. The van der Waals surface area contributed by atoms with Gasteiger partial charge in [0.05, 0.1) is 78.6 Å². The third-order valence-corrected chi connectivity index (χ3v) is 4.25. The minimum atomic E-state index is -1.29. The van der Waals surface area contributed by atoms with E-state index in [0.29, 0.717) is 64.9 Å². The number of nitrogens with zero attached hydrogens (tertiary/aromatic N) is 3. The molecule has 0 bridgehead atoms. The Bertz CT molecular complexity index is 863. The molecule has 0 spiro atoms. The maximum atomic E-state index is 13.4. The number of carbonyl (C=O) groups is 1. The molecule has 0 saturated heterocycles. The Morgan fingerprint density at radius 2 is 1.43 bits per heavy atom. The van der Waals surface area contributed by atoms with Crippen molar-refractivity contribution in [2.45, 2.75) is 26.5 Å². The average molecular weight is 505 g/mol. The van der Waals surface area contributed by atoms with Gasteiger partial charge >= 0.3 is 5.97 Å². The first-order valence-corrected chi connectivity index (χ1v) is 11.1. The van der Waals surface area contributed by atoms with Crippen molar-refractivity contribution in [2.75, 3.05) is 59.5 Å². The summed E-state index contributed by atoms with van der Waals surface area (Å²) in [4.78, 5) is 11.6. The predicted molar refractivity (Wildman–Crippen MR) is 115 cm³/mol. The average Bonchev–Trinajstić information content (AvgIpc) is 3.27. The number of benzene rings is 1. The number of carbonyl (C=O) groups excluding carboxylic acids is 1. The van der Waals surface area contributed by atoms with Gasteiger partial charge < -0.3 is 28.4 Å². The van der Waals surface area contributed by atoms with E-state index < -0.39 is 29.2 Å². The van der Waals surface area contributed by atoms with Crippen LogP contribution in [0.1, 0.15) is 19.0 Å². The molecule has 1 heterocycles. The van der Waals surface area contributed by atoms with Crippen LogP contribution < -0.4 is 4.74 Å². The van der Waals surface area contributed by atoms with Crippen molar-refractivity contribution >= 4 is 5.97 Å². The zero-order valence-electron chi connectivity index (χ0n) is 19.6. The van der Waals surface area contributed by atoms with E-state index in [2.05, 4.69) is 15.0 Å². The molecule has 0 unspecified atom stereocenters. The van der Waals surface area contributed by atoms with Crippen LogP contribution in [0.4, 0.5) is 13.2 Å². The quantitative estimate of drug-likeness (QED) is 0.162.